The lowest BCUT2D eigenvalue weighted by molar-refractivity contribution is -0.122. The number of rotatable bonds is 7. The molecule has 0 aliphatic heterocycles. The van der Waals surface area contributed by atoms with E-state index in [4.69, 9.17) is 14.0 Å². The molecule has 0 radical (unpaired) electrons. The Hall–Kier alpha value is -4.20. The lowest BCUT2D eigenvalue weighted by Gasteiger charge is -2.15. The fraction of sp³-hybridized carbons (Fsp3) is 0.125. The maximum atomic E-state index is 13.1. The summed E-state index contributed by atoms with van der Waals surface area (Å²) < 4.78 is 29.3. The van der Waals surface area contributed by atoms with Crippen LogP contribution in [-0.4, -0.2) is 29.3 Å². The quantitative estimate of drug-likeness (QED) is 0.443. The van der Waals surface area contributed by atoms with Crippen LogP contribution >= 0.6 is 0 Å². The first-order valence-corrected chi connectivity index (χ1v) is 9.84. The van der Waals surface area contributed by atoms with E-state index in [0.717, 1.165) is 11.3 Å². The number of aromatic nitrogens is 2. The first-order chi connectivity index (χ1) is 15.5. The Bertz CT molecular complexity index is 1210. The topological polar surface area (TPSA) is 86.5 Å². The number of nitrogens with zero attached hydrogens (tertiary/aromatic N) is 2. The summed E-state index contributed by atoms with van der Waals surface area (Å²) in [6.45, 7) is 1.61. The average Bonchev–Trinajstić information content (AvgIpc) is 3.31. The minimum atomic E-state index is -0.814. The normalized spacial score (nSPS) is 11.6. The summed E-state index contributed by atoms with van der Waals surface area (Å²) in [6, 6.07) is 19.8. The first kappa shape index (κ1) is 21.0. The minimum Gasteiger partial charge on any atom is -0.497 e. The average molecular weight is 433 g/mol. The number of halogens is 1. The van der Waals surface area contributed by atoms with E-state index in [2.05, 4.69) is 15.5 Å². The van der Waals surface area contributed by atoms with Gasteiger partial charge in [0.05, 0.1) is 18.4 Å². The number of methoxy groups -OCH3 is 1. The van der Waals surface area contributed by atoms with Crippen LogP contribution in [0, 0.1) is 5.82 Å². The van der Waals surface area contributed by atoms with Gasteiger partial charge in [-0.05, 0) is 67.6 Å². The maximum Gasteiger partial charge on any atom is 0.265 e. The number of carbonyl (C=O) groups is 1. The second kappa shape index (κ2) is 9.30. The molecule has 1 N–H and O–H groups in total. The Kier molecular flexibility index (Phi) is 6.12. The van der Waals surface area contributed by atoms with Crippen molar-refractivity contribution in [3.05, 3.63) is 78.6 Å². The van der Waals surface area contributed by atoms with Crippen molar-refractivity contribution in [3.63, 3.8) is 0 Å². The van der Waals surface area contributed by atoms with E-state index in [-0.39, 0.29) is 17.6 Å². The number of benzene rings is 3. The second-order valence-corrected chi connectivity index (χ2v) is 6.90. The van der Waals surface area contributed by atoms with Crippen LogP contribution in [0.4, 0.5) is 10.1 Å². The van der Waals surface area contributed by atoms with Crippen molar-refractivity contribution >= 4 is 11.6 Å². The van der Waals surface area contributed by atoms with Crippen molar-refractivity contribution in [2.75, 3.05) is 12.4 Å². The van der Waals surface area contributed by atoms with Crippen molar-refractivity contribution in [2.24, 2.45) is 0 Å². The van der Waals surface area contributed by atoms with Crippen LogP contribution in [0.25, 0.3) is 22.8 Å². The van der Waals surface area contributed by atoms with Crippen molar-refractivity contribution in [2.45, 2.75) is 13.0 Å². The first-order valence-electron chi connectivity index (χ1n) is 9.84. The number of para-hydroxylation sites is 1. The molecule has 7 nitrogen and oxygen atoms in total. The Labute approximate surface area is 183 Å². The molecular weight excluding hydrogens is 413 g/mol. The minimum absolute atomic E-state index is 0.263. The van der Waals surface area contributed by atoms with E-state index in [1.807, 2.05) is 24.3 Å². The zero-order valence-electron chi connectivity index (χ0n) is 17.4. The van der Waals surface area contributed by atoms with E-state index < -0.39 is 6.10 Å². The van der Waals surface area contributed by atoms with Crippen molar-refractivity contribution in [1.29, 1.82) is 0 Å². The van der Waals surface area contributed by atoms with Crippen LogP contribution in [0.3, 0.4) is 0 Å². The largest absolute Gasteiger partial charge is 0.497 e. The molecule has 4 rings (SSSR count). The predicted molar refractivity (Wildman–Crippen MR) is 117 cm³/mol. The molecule has 1 aromatic heterocycles. The van der Waals surface area contributed by atoms with Gasteiger partial charge in [-0.15, -0.1) is 0 Å². The number of anilines is 1. The molecule has 0 saturated carbocycles. The third kappa shape index (κ3) is 4.75. The smallest absolute Gasteiger partial charge is 0.265 e. The van der Waals surface area contributed by atoms with Gasteiger partial charge in [0.1, 0.15) is 17.3 Å². The molecular formula is C24H20FN3O4. The fourth-order valence-corrected chi connectivity index (χ4v) is 2.97. The van der Waals surface area contributed by atoms with Crippen LogP contribution < -0.4 is 14.8 Å². The molecule has 162 valence electrons. The second-order valence-electron chi connectivity index (χ2n) is 6.90. The Morgan fingerprint density at radius 2 is 1.69 bits per heavy atom. The van der Waals surface area contributed by atoms with E-state index in [1.165, 1.54) is 24.3 Å². The molecule has 0 fully saturated rings. The number of carbonyl (C=O) groups excluding carboxylic acids is 1. The molecule has 0 bridgehead atoms. The van der Waals surface area contributed by atoms with E-state index in [0.29, 0.717) is 22.8 Å². The van der Waals surface area contributed by atoms with Gasteiger partial charge in [-0.25, -0.2) is 4.39 Å². The number of nitrogens with one attached hydrogen (secondary N) is 1. The summed E-state index contributed by atoms with van der Waals surface area (Å²) in [5.74, 6) is 1.04. The lowest BCUT2D eigenvalue weighted by Crippen LogP contribution is -2.30. The SMILES string of the molecule is COc1ccc(-c2noc(-c3ccccc3NC(=O)[C@@H](C)Oc3ccc(F)cc3)n2)cc1. The van der Waals surface area contributed by atoms with Crippen LogP contribution in [0.15, 0.2) is 77.3 Å². The van der Waals surface area contributed by atoms with E-state index in [1.54, 1.807) is 38.3 Å². The van der Waals surface area contributed by atoms with E-state index >= 15 is 0 Å². The van der Waals surface area contributed by atoms with Crippen LogP contribution in [0.2, 0.25) is 0 Å². The van der Waals surface area contributed by atoms with Gasteiger partial charge in [0.15, 0.2) is 6.10 Å². The van der Waals surface area contributed by atoms with Gasteiger partial charge in [-0.3, -0.25) is 4.79 Å². The van der Waals surface area contributed by atoms with Crippen molar-refractivity contribution < 1.29 is 23.2 Å². The molecule has 0 aliphatic rings. The van der Waals surface area contributed by atoms with Crippen molar-refractivity contribution in [3.8, 4) is 34.3 Å². The molecule has 0 spiro atoms. The standard InChI is InChI=1S/C24H20FN3O4/c1-15(31-19-13-9-17(25)10-14-19)23(29)26-21-6-4-3-5-20(21)24-27-22(28-32-24)16-7-11-18(30-2)12-8-16/h3-15H,1-2H3,(H,26,29)/t15-/m1/s1. The zero-order valence-corrected chi connectivity index (χ0v) is 17.4. The fourth-order valence-electron chi connectivity index (χ4n) is 2.97. The van der Waals surface area contributed by atoms with Crippen LogP contribution in [0.1, 0.15) is 6.92 Å². The summed E-state index contributed by atoms with van der Waals surface area (Å²) >= 11 is 0. The lowest BCUT2D eigenvalue weighted by atomic mass is 10.1. The number of hydrogen-bond donors (Lipinski definition) is 1. The summed E-state index contributed by atoms with van der Waals surface area (Å²) in [6.07, 6.45) is -0.814. The summed E-state index contributed by atoms with van der Waals surface area (Å²) in [4.78, 5) is 17.1. The number of hydrogen-bond acceptors (Lipinski definition) is 6. The maximum absolute atomic E-state index is 13.1. The molecule has 1 atom stereocenters. The Balaban J connectivity index is 1.51. The van der Waals surface area contributed by atoms with Gasteiger partial charge in [0.2, 0.25) is 5.82 Å². The summed E-state index contributed by atoms with van der Waals surface area (Å²) in [5, 5.41) is 6.86. The van der Waals surface area contributed by atoms with E-state index in [9.17, 15) is 9.18 Å². The molecule has 0 aliphatic carbocycles. The Morgan fingerprint density at radius 1 is 1.00 bits per heavy atom. The monoisotopic (exact) mass is 433 g/mol. The molecule has 4 aromatic rings. The molecule has 1 amide bonds. The summed E-state index contributed by atoms with van der Waals surface area (Å²) in [5.41, 5.74) is 1.84. The third-order valence-electron chi connectivity index (χ3n) is 4.69. The number of ether oxygens (including phenoxy) is 2. The molecule has 1 heterocycles. The van der Waals surface area contributed by atoms with Gasteiger partial charge in [-0.2, -0.15) is 4.98 Å². The molecule has 0 saturated heterocycles. The van der Waals surface area contributed by atoms with Gasteiger partial charge < -0.3 is 19.3 Å². The summed E-state index contributed by atoms with van der Waals surface area (Å²) in [7, 11) is 1.60. The Morgan fingerprint density at radius 3 is 2.41 bits per heavy atom. The molecule has 3 aromatic carbocycles. The zero-order chi connectivity index (χ0) is 22.5. The highest BCUT2D eigenvalue weighted by atomic mass is 19.1. The van der Waals surface area contributed by atoms with Crippen molar-refractivity contribution in [1.82, 2.24) is 10.1 Å². The van der Waals surface area contributed by atoms with Crippen LogP contribution in [-0.2, 0) is 4.79 Å². The molecule has 8 heteroatoms. The highest BCUT2D eigenvalue weighted by Gasteiger charge is 2.19. The molecule has 0 unspecified atom stereocenters. The third-order valence-corrected chi connectivity index (χ3v) is 4.69. The number of amides is 1. The van der Waals surface area contributed by atoms with Gasteiger partial charge in [0.25, 0.3) is 11.8 Å². The molecule has 32 heavy (non-hydrogen) atoms. The highest BCUT2D eigenvalue weighted by Crippen LogP contribution is 2.29. The predicted octanol–water partition coefficient (Wildman–Crippen LogP) is 4.96. The van der Waals surface area contributed by atoms with Gasteiger partial charge in [0, 0.05) is 5.56 Å². The van der Waals surface area contributed by atoms with Gasteiger partial charge >= 0.3 is 0 Å². The van der Waals surface area contributed by atoms with Crippen LogP contribution in [0.5, 0.6) is 11.5 Å². The van der Waals surface area contributed by atoms with Gasteiger partial charge in [-0.1, -0.05) is 17.3 Å². The highest BCUT2D eigenvalue weighted by molar-refractivity contribution is 5.97.